The molecule has 6 heteroatoms. The van der Waals surface area contributed by atoms with E-state index in [4.69, 9.17) is 14.3 Å². The Morgan fingerprint density at radius 2 is 1.27 bits per heavy atom. The third-order valence-electron chi connectivity index (χ3n) is 3.56. The minimum absolute atomic E-state index is 0.0230. The molecule has 0 fully saturated rings. The van der Waals surface area contributed by atoms with Crippen molar-refractivity contribution >= 4 is 12.6 Å². The zero-order chi connectivity index (χ0) is 18.5. The molecule has 0 bridgehead atoms. The van der Waals surface area contributed by atoms with Crippen LogP contribution < -0.4 is 9.47 Å². The highest BCUT2D eigenvalue weighted by molar-refractivity contribution is 5.81. The molecule has 0 unspecified atom stereocenters. The van der Waals surface area contributed by atoms with E-state index in [-0.39, 0.29) is 17.1 Å². The predicted molar refractivity (Wildman–Crippen MR) is 97.0 cm³/mol. The van der Waals surface area contributed by atoms with Crippen LogP contribution in [-0.4, -0.2) is 32.4 Å². The molecule has 0 heterocycles. The molecule has 0 atom stereocenters. The number of hydrogen-bond acceptors (Lipinski definition) is 4. The number of benzene rings is 3. The van der Waals surface area contributed by atoms with Crippen LogP contribution in [0.2, 0.25) is 0 Å². The summed E-state index contributed by atoms with van der Waals surface area (Å²) in [6, 6.07) is 15.6. The first-order chi connectivity index (χ1) is 12.6. The van der Waals surface area contributed by atoms with E-state index >= 15 is 0 Å². The lowest BCUT2D eigenvalue weighted by atomic mass is 10.2. The fraction of sp³-hybridized carbons (Fsp3) is 0. The van der Waals surface area contributed by atoms with Crippen molar-refractivity contribution in [3.8, 4) is 34.5 Å². The standard InChI is InChI=1S/C20H14O6/c21-11-13-10-18(6-7-19(13)24)25-16-2-4-17(5-3-16)26-20-8-1-15(23)9-14(20)12-22/h1-12,23-24H/p+2. The highest BCUT2D eigenvalue weighted by atomic mass is 16.5. The van der Waals surface area contributed by atoms with Crippen LogP contribution in [0, 0.1) is 0 Å². The molecule has 0 aromatic heterocycles. The predicted octanol–water partition coefficient (Wildman–Crippen LogP) is 3.73. The minimum Gasteiger partial charge on any atom is -0.508 e. The van der Waals surface area contributed by atoms with E-state index in [0.29, 0.717) is 28.6 Å². The monoisotopic (exact) mass is 352 g/mol. The largest absolute Gasteiger partial charge is 0.508 e. The van der Waals surface area contributed by atoms with Gasteiger partial charge in [0.05, 0.1) is 0 Å². The van der Waals surface area contributed by atoms with E-state index in [1.807, 2.05) is 0 Å². The summed E-state index contributed by atoms with van der Waals surface area (Å²) < 4.78 is 11.3. The van der Waals surface area contributed by atoms with Crippen LogP contribution in [0.25, 0.3) is 0 Å². The maximum absolute atomic E-state index is 9.54. The quantitative estimate of drug-likeness (QED) is 0.521. The number of aromatic hydroxyl groups is 2. The molecule has 0 radical (unpaired) electrons. The van der Waals surface area contributed by atoms with Crippen LogP contribution in [0.5, 0.6) is 34.5 Å². The highest BCUT2D eigenvalue weighted by Crippen LogP contribution is 2.30. The Bertz CT molecular complexity index is 947. The summed E-state index contributed by atoms with van der Waals surface area (Å²) in [5.41, 5.74) is 0.602. The van der Waals surface area contributed by atoms with Gasteiger partial charge in [0.1, 0.15) is 45.6 Å². The van der Waals surface area contributed by atoms with Crippen LogP contribution in [0.3, 0.4) is 0 Å². The van der Waals surface area contributed by atoms with Gasteiger partial charge in [-0.25, -0.2) is 0 Å². The molecule has 6 nitrogen and oxygen atoms in total. The summed E-state index contributed by atoms with van der Waals surface area (Å²) in [5.74, 6) is 1.87. The Morgan fingerprint density at radius 1 is 0.654 bits per heavy atom. The van der Waals surface area contributed by atoms with E-state index in [1.54, 1.807) is 36.4 Å². The fourth-order valence-electron chi connectivity index (χ4n) is 2.27. The van der Waals surface area contributed by atoms with Crippen molar-refractivity contribution < 1.29 is 29.3 Å². The molecule has 26 heavy (non-hydrogen) atoms. The van der Waals surface area contributed by atoms with Gasteiger partial charge in [-0.2, -0.15) is 0 Å². The zero-order valence-corrected chi connectivity index (χ0v) is 13.5. The highest BCUT2D eigenvalue weighted by Gasteiger charge is 2.09. The number of hydrogen-bond donors (Lipinski definition) is 2. The smallest absolute Gasteiger partial charge is 0.316 e. The molecule has 0 spiro atoms. The summed E-state index contributed by atoms with van der Waals surface area (Å²) in [4.78, 5) is 18.3. The van der Waals surface area contributed by atoms with E-state index in [9.17, 15) is 15.0 Å². The van der Waals surface area contributed by atoms with E-state index in [1.165, 1.54) is 24.3 Å². The maximum Gasteiger partial charge on any atom is 0.316 e. The molecule has 3 aromatic rings. The van der Waals surface area contributed by atoms with Gasteiger partial charge in [-0.3, -0.25) is 9.59 Å². The van der Waals surface area contributed by atoms with Gasteiger partial charge in [0.2, 0.25) is 0 Å². The van der Waals surface area contributed by atoms with Crippen molar-refractivity contribution in [2.45, 2.75) is 0 Å². The van der Waals surface area contributed by atoms with Gasteiger partial charge in [0.15, 0.2) is 0 Å². The Hall–Kier alpha value is -3.80. The molecule has 3 aromatic carbocycles. The second kappa shape index (κ2) is 7.40. The van der Waals surface area contributed by atoms with Crippen molar-refractivity contribution in [3.63, 3.8) is 0 Å². The van der Waals surface area contributed by atoms with Crippen molar-refractivity contribution in [2.75, 3.05) is 0 Å². The summed E-state index contributed by atoms with van der Waals surface area (Å²) in [7, 11) is 0. The molecule has 0 saturated heterocycles. The molecule has 3 rings (SSSR count). The van der Waals surface area contributed by atoms with Gasteiger partial charge in [0, 0.05) is 6.07 Å². The van der Waals surface area contributed by atoms with Crippen LogP contribution in [-0.2, 0) is 0 Å². The number of rotatable bonds is 6. The van der Waals surface area contributed by atoms with E-state index < -0.39 is 0 Å². The molecule has 0 aliphatic rings. The number of phenolic OH excluding ortho intramolecular Hbond substituents is 2. The molecule has 130 valence electrons. The van der Waals surface area contributed by atoms with Gasteiger partial charge in [-0.15, -0.1) is 0 Å². The number of ether oxygens (including phenoxy) is 2. The van der Waals surface area contributed by atoms with Crippen molar-refractivity contribution in [1.82, 2.24) is 0 Å². The van der Waals surface area contributed by atoms with Crippen LogP contribution in [0.4, 0.5) is 0 Å². The second-order valence-electron chi connectivity index (χ2n) is 5.38. The molecular formula is C20H16O6+2. The third kappa shape index (κ3) is 3.81. The topological polar surface area (TPSA) is 102 Å². The Morgan fingerprint density at radius 3 is 1.92 bits per heavy atom. The second-order valence-corrected chi connectivity index (χ2v) is 5.38. The first-order valence-corrected chi connectivity index (χ1v) is 7.65. The normalized spacial score (nSPS) is 10.2. The molecule has 0 aliphatic carbocycles. The van der Waals surface area contributed by atoms with Crippen LogP contribution in [0.1, 0.15) is 11.1 Å². The lowest BCUT2D eigenvalue weighted by molar-refractivity contribution is 0.457. The van der Waals surface area contributed by atoms with Crippen molar-refractivity contribution in [2.24, 2.45) is 0 Å². The molecular weight excluding hydrogens is 336 g/mol. The number of aldehydes is 2. The van der Waals surface area contributed by atoms with Gasteiger partial charge < -0.3 is 19.7 Å². The Kier molecular flexibility index (Phi) is 4.85. The van der Waals surface area contributed by atoms with Gasteiger partial charge in [0.25, 0.3) is 0 Å². The van der Waals surface area contributed by atoms with E-state index in [0.717, 1.165) is 12.6 Å². The average Bonchev–Trinajstić information content (AvgIpc) is 2.66. The first kappa shape index (κ1) is 17.0. The molecule has 0 saturated carbocycles. The SMILES string of the molecule is Oc1ccc(Oc2ccc(Oc3ccc(O)c(C=[OH+])c3)cc2)c(C=[OH+])c1. The van der Waals surface area contributed by atoms with E-state index in [2.05, 4.69) is 0 Å². The van der Waals surface area contributed by atoms with Gasteiger partial charge >= 0.3 is 12.6 Å². The summed E-state index contributed by atoms with van der Waals surface area (Å²) in [6.45, 7) is 0. The lowest BCUT2D eigenvalue weighted by Gasteiger charge is -2.09. The number of phenols is 2. The van der Waals surface area contributed by atoms with Crippen LogP contribution >= 0.6 is 0 Å². The Labute approximate surface area is 148 Å². The maximum atomic E-state index is 9.54. The average molecular weight is 352 g/mol. The summed E-state index contributed by atoms with van der Waals surface area (Å²) in [6.07, 6.45) is 1.65. The van der Waals surface area contributed by atoms with Gasteiger partial charge in [-0.1, -0.05) is 0 Å². The summed E-state index contributed by atoms with van der Waals surface area (Å²) >= 11 is 0. The molecule has 0 aliphatic heterocycles. The van der Waals surface area contributed by atoms with Crippen molar-refractivity contribution in [1.29, 1.82) is 0 Å². The Balaban J connectivity index is 1.75. The minimum atomic E-state index is -0.0472. The zero-order valence-electron chi connectivity index (χ0n) is 13.5. The third-order valence-corrected chi connectivity index (χ3v) is 3.56. The molecule has 4 N–H and O–H groups in total. The lowest BCUT2D eigenvalue weighted by Crippen LogP contribution is -1.91. The summed E-state index contributed by atoms with van der Waals surface area (Å²) in [5, 5.41) is 19.0. The first-order valence-electron chi connectivity index (χ1n) is 7.65. The fourth-order valence-corrected chi connectivity index (χ4v) is 2.27. The van der Waals surface area contributed by atoms with Crippen molar-refractivity contribution in [3.05, 3.63) is 71.8 Å². The number of carbonyl (C=O) groups excluding carboxylic acids is 2. The van der Waals surface area contributed by atoms with Crippen LogP contribution in [0.15, 0.2) is 60.7 Å². The molecule has 0 amide bonds. The van der Waals surface area contributed by atoms with Gasteiger partial charge in [-0.05, 0) is 54.6 Å².